The largest absolute Gasteiger partial charge is 0.319 e. The van der Waals surface area contributed by atoms with Gasteiger partial charge in [-0.3, -0.25) is 5.32 Å². The Morgan fingerprint density at radius 2 is 1.96 bits per heavy atom. The molecule has 3 heteroatoms. The lowest BCUT2D eigenvalue weighted by atomic mass is 9.74. The van der Waals surface area contributed by atoms with Crippen molar-refractivity contribution in [2.45, 2.75) is 77.9 Å². The van der Waals surface area contributed by atoms with E-state index >= 15 is 4.39 Å². The van der Waals surface area contributed by atoms with Crippen LogP contribution in [0.4, 0.5) is 4.39 Å². The van der Waals surface area contributed by atoms with E-state index in [1.807, 2.05) is 7.05 Å². The summed E-state index contributed by atoms with van der Waals surface area (Å²) < 4.78 is 15.1. The molecule has 0 aromatic heterocycles. The maximum Gasteiger partial charge on any atom is 0.161 e. The first-order chi connectivity index (χ1) is 10.8. The van der Waals surface area contributed by atoms with Crippen molar-refractivity contribution in [2.75, 3.05) is 20.1 Å². The van der Waals surface area contributed by atoms with E-state index in [1.165, 1.54) is 24.8 Å². The molecule has 134 valence electrons. The zero-order chi connectivity index (χ0) is 16.9. The Morgan fingerprint density at radius 3 is 2.57 bits per heavy atom. The van der Waals surface area contributed by atoms with Crippen molar-refractivity contribution >= 4 is 0 Å². The Morgan fingerprint density at radius 1 is 1.26 bits per heavy atom. The minimum absolute atomic E-state index is 0.170. The average Bonchev–Trinajstić information content (AvgIpc) is 2.50. The van der Waals surface area contributed by atoms with E-state index in [2.05, 4.69) is 30.6 Å². The van der Waals surface area contributed by atoms with Crippen molar-refractivity contribution in [1.29, 1.82) is 0 Å². The van der Waals surface area contributed by atoms with Crippen LogP contribution in [-0.2, 0) is 0 Å². The molecule has 1 atom stereocenters. The van der Waals surface area contributed by atoms with E-state index in [1.54, 1.807) is 6.92 Å². The molecule has 1 saturated carbocycles. The summed E-state index contributed by atoms with van der Waals surface area (Å²) >= 11 is 0. The molecule has 0 saturated heterocycles. The summed E-state index contributed by atoms with van der Waals surface area (Å²) in [5.74, 6) is -0.312. The molecule has 2 rings (SSSR count). The van der Waals surface area contributed by atoms with Gasteiger partial charge in [-0.1, -0.05) is 25.5 Å². The number of alkyl halides is 1. The van der Waals surface area contributed by atoms with Gasteiger partial charge in [0.15, 0.2) is 5.79 Å². The Hall–Kier alpha value is -0.410. The molecule has 23 heavy (non-hydrogen) atoms. The first-order valence-corrected chi connectivity index (χ1v) is 9.63. The summed E-state index contributed by atoms with van der Waals surface area (Å²) in [7, 11) is 2.01. The standard InChI is InChI=1S/C20H37FN2/c1-19(2)13-6-5-7-17(19)12-14-23-20(3,21)18-10-8-16(9-11-18)15-22-4/h7,16,18,22-23H,5-6,8-15H2,1-4H3. The lowest BCUT2D eigenvalue weighted by Crippen LogP contribution is -2.47. The second-order valence-electron chi connectivity index (χ2n) is 8.53. The highest BCUT2D eigenvalue weighted by molar-refractivity contribution is 5.15. The van der Waals surface area contributed by atoms with Crippen LogP contribution in [0.3, 0.4) is 0 Å². The summed E-state index contributed by atoms with van der Waals surface area (Å²) in [5.41, 5.74) is 1.82. The normalized spacial score (nSPS) is 30.6. The quantitative estimate of drug-likeness (QED) is 0.518. The van der Waals surface area contributed by atoms with E-state index in [0.29, 0.717) is 5.41 Å². The monoisotopic (exact) mass is 324 g/mol. The van der Waals surface area contributed by atoms with Gasteiger partial charge >= 0.3 is 0 Å². The number of hydrogen-bond donors (Lipinski definition) is 2. The van der Waals surface area contributed by atoms with Crippen molar-refractivity contribution in [3.8, 4) is 0 Å². The average molecular weight is 325 g/mol. The van der Waals surface area contributed by atoms with Crippen LogP contribution >= 0.6 is 0 Å². The molecule has 2 aliphatic rings. The predicted octanol–water partition coefficient (Wildman–Crippen LogP) is 4.81. The molecule has 0 aromatic rings. The first kappa shape index (κ1) is 18.9. The van der Waals surface area contributed by atoms with E-state index < -0.39 is 5.79 Å². The second kappa shape index (κ2) is 8.11. The third-order valence-electron chi connectivity index (χ3n) is 6.24. The van der Waals surface area contributed by atoms with Gasteiger partial charge in [-0.25, -0.2) is 4.39 Å². The Kier molecular flexibility index (Phi) is 6.67. The maximum atomic E-state index is 15.1. The maximum absolute atomic E-state index is 15.1. The van der Waals surface area contributed by atoms with Gasteiger partial charge in [0.1, 0.15) is 0 Å². The molecule has 0 aromatic carbocycles. The van der Waals surface area contributed by atoms with Gasteiger partial charge < -0.3 is 5.32 Å². The predicted molar refractivity (Wildman–Crippen MR) is 97.2 cm³/mol. The smallest absolute Gasteiger partial charge is 0.161 e. The number of nitrogens with one attached hydrogen (secondary N) is 2. The molecule has 0 spiro atoms. The molecular formula is C20H37FN2. The van der Waals surface area contributed by atoms with Crippen LogP contribution in [0.5, 0.6) is 0 Å². The number of rotatable bonds is 7. The fraction of sp³-hybridized carbons (Fsp3) is 0.900. The van der Waals surface area contributed by atoms with Gasteiger partial charge in [0, 0.05) is 12.5 Å². The topological polar surface area (TPSA) is 24.1 Å². The second-order valence-corrected chi connectivity index (χ2v) is 8.53. The molecule has 0 radical (unpaired) electrons. The van der Waals surface area contributed by atoms with Crippen LogP contribution in [0.15, 0.2) is 11.6 Å². The van der Waals surface area contributed by atoms with Crippen molar-refractivity contribution < 1.29 is 4.39 Å². The van der Waals surface area contributed by atoms with Gasteiger partial charge in [0.05, 0.1) is 0 Å². The lowest BCUT2D eigenvalue weighted by Gasteiger charge is -2.38. The van der Waals surface area contributed by atoms with Gasteiger partial charge in [0.2, 0.25) is 0 Å². The van der Waals surface area contributed by atoms with Crippen LogP contribution in [0.2, 0.25) is 0 Å². The summed E-state index contributed by atoms with van der Waals surface area (Å²) in [4.78, 5) is 0. The molecule has 2 N–H and O–H groups in total. The van der Waals surface area contributed by atoms with Crippen molar-refractivity contribution in [3.63, 3.8) is 0 Å². The van der Waals surface area contributed by atoms with Gasteiger partial charge in [-0.2, -0.15) is 0 Å². The van der Waals surface area contributed by atoms with E-state index in [9.17, 15) is 0 Å². The number of halogens is 1. The summed E-state index contributed by atoms with van der Waals surface area (Å²) in [6.07, 6.45) is 11.5. The third kappa shape index (κ3) is 5.29. The van der Waals surface area contributed by atoms with Gasteiger partial charge in [-0.15, -0.1) is 0 Å². The van der Waals surface area contributed by atoms with Gasteiger partial charge in [0.25, 0.3) is 0 Å². The summed E-state index contributed by atoms with van der Waals surface area (Å²) in [6.45, 7) is 8.26. The highest BCUT2D eigenvalue weighted by Crippen LogP contribution is 2.39. The fourth-order valence-corrected chi connectivity index (χ4v) is 4.48. The van der Waals surface area contributed by atoms with Gasteiger partial charge in [-0.05, 0) is 83.2 Å². The van der Waals surface area contributed by atoms with E-state index in [4.69, 9.17) is 0 Å². The van der Waals surface area contributed by atoms with E-state index in [-0.39, 0.29) is 5.92 Å². The Labute approximate surface area is 142 Å². The van der Waals surface area contributed by atoms with Crippen LogP contribution in [0.25, 0.3) is 0 Å². The Bertz CT molecular complexity index is 392. The zero-order valence-electron chi connectivity index (χ0n) is 15.7. The molecule has 1 unspecified atom stereocenters. The molecule has 0 heterocycles. The van der Waals surface area contributed by atoms with Crippen molar-refractivity contribution in [2.24, 2.45) is 17.3 Å². The minimum Gasteiger partial charge on any atom is -0.319 e. The first-order valence-electron chi connectivity index (χ1n) is 9.63. The molecular weight excluding hydrogens is 287 g/mol. The van der Waals surface area contributed by atoms with Crippen molar-refractivity contribution in [3.05, 3.63) is 11.6 Å². The van der Waals surface area contributed by atoms with E-state index in [0.717, 1.165) is 51.1 Å². The highest BCUT2D eigenvalue weighted by atomic mass is 19.1. The number of allylic oxidation sites excluding steroid dienone is 1. The Balaban J connectivity index is 1.77. The van der Waals surface area contributed by atoms with Crippen LogP contribution in [0, 0.1) is 17.3 Å². The SMILES string of the molecule is CNCC1CCC(C(C)(F)NCCC2=CCCCC2(C)C)CC1. The highest BCUT2D eigenvalue weighted by Gasteiger charge is 2.36. The van der Waals surface area contributed by atoms with Crippen molar-refractivity contribution in [1.82, 2.24) is 10.6 Å². The van der Waals surface area contributed by atoms with Crippen LogP contribution < -0.4 is 10.6 Å². The van der Waals surface area contributed by atoms with Crippen LogP contribution in [-0.4, -0.2) is 25.9 Å². The van der Waals surface area contributed by atoms with Crippen LogP contribution in [0.1, 0.15) is 72.1 Å². The third-order valence-corrected chi connectivity index (χ3v) is 6.24. The molecule has 0 amide bonds. The molecule has 1 fully saturated rings. The molecule has 0 aliphatic heterocycles. The minimum atomic E-state index is -1.22. The molecule has 2 nitrogen and oxygen atoms in total. The summed E-state index contributed by atoms with van der Waals surface area (Å²) in [6, 6.07) is 0. The molecule has 0 bridgehead atoms. The fourth-order valence-electron chi connectivity index (χ4n) is 4.48. The zero-order valence-corrected chi connectivity index (χ0v) is 15.7. The summed E-state index contributed by atoms with van der Waals surface area (Å²) in [5, 5.41) is 6.49. The number of hydrogen-bond acceptors (Lipinski definition) is 2. The molecule has 2 aliphatic carbocycles. The lowest BCUT2D eigenvalue weighted by molar-refractivity contribution is 0.0308.